The Morgan fingerprint density at radius 1 is 1.31 bits per heavy atom. The van der Waals surface area contributed by atoms with Crippen LogP contribution in [0.5, 0.6) is 5.88 Å². The van der Waals surface area contributed by atoms with Crippen molar-refractivity contribution < 1.29 is 14.6 Å². The molecule has 0 radical (unpaired) electrons. The molecule has 1 aliphatic carbocycles. The van der Waals surface area contributed by atoms with Crippen molar-refractivity contribution in [2.45, 2.75) is 31.9 Å². The van der Waals surface area contributed by atoms with E-state index in [1.807, 2.05) is 6.92 Å². The van der Waals surface area contributed by atoms with Gasteiger partial charge in [-0.2, -0.15) is 4.98 Å². The van der Waals surface area contributed by atoms with Crippen LogP contribution in [-0.4, -0.2) is 51.1 Å². The molecule has 0 amide bonds. The number of anilines is 1. The van der Waals surface area contributed by atoms with Gasteiger partial charge >= 0.3 is 0 Å². The van der Waals surface area contributed by atoms with Gasteiger partial charge in [-0.05, 0) is 31.9 Å². The molecule has 3 aromatic heterocycles. The number of aryl methyl sites for hydroxylation is 1. The minimum absolute atomic E-state index is 0.0145. The van der Waals surface area contributed by atoms with Gasteiger partial charge in [0.2, 0.25) is 11.8 Å². The fraction of sp³-hybridized carbons (Fsp3) is 0.400. The van der Waals surface area contributed by atoms with E-state index in [1.165, 1.54) is 0 Å². The lowest BCUT2D eigenvalue weighted by molar-refractivity contribution is -0.0381. The molecule has 9 nitrogen and oxygen atoms in total. The standard InChI is InChI=1S/C20H23N5O4/c1-11-15-9-16(12-3-4-17(28-2)22-10-12)19(27)25(18(15)24-20(21)23-11)13-7-14(8-13)29-6-5-26/h3-4,9-10,13-14,26H,5-8H2,1-2H3,(H2,21,23,24). The molecule has 0 bridgehead atoms. The van der Waals surface area contributed by atoms with Crippen LogP contribution in [0.15, 0.2) is 29.2 Å². The number of ether oxygens (including phenoxy) is 2. The maximum absolute atomic E-state index is 13.4. The number of aliphatic hydroxyl groups excluding tert-OH is 1. The smallest absolute Gasteiger partial charge is 0.260 e. The van der Waals surface area contributed by atoms with Crippen molar-refractivity contribution in [1.82, 2.24) is 19.5 Å². The Kier molecular flexibility index (Phi) is 5.16. The molecule has 0 spiro atoms. The fourth-order valence-corrected chi connectivity index (χ4v) is 3.68. The van der Waals surface area contributed by atoms with E-state index < -0.39 is 0 Å². The summed E-state index contributed by atoms with van der Waals surface area (Å²) < 4.78 is 12.4. The van der Waals surface area contributed by atoms with Crippen LogP contribution in [0.25, 0.3) is 22.2 Å². The molecule has 0 atom stereocenters. The van der Waals surface area contributed by atoms with Crippen LogP contribution in [0.3, 0.4) is 0 Å². The topological polar surface area (TPSA) is 125 Å². The summed E-state index contributed by atoms with van der Waals surface area (Å²) in [7, 11) is 1.54. The SMILES string of the molecule is COc1ccc(-c2cc3c(C)nc(N)nc3n(C3CC(OCCO)C3)c2=O)cn1. The summed E-state index contributed by atoms with van der Waals surface area (Å²) in [6.07, 6.45) is 2.97. The highest BCUT2D eigenvalue weighted by Gasteiger charge is 2.34. The van der Waals surface area contributed by atoms with Gasteiger partial charge in [0.25, 0.3) is 5.56 Å². The Labute approximate surface area is 167 Å². The van der Waals surface area contributed by atoms with Crippen molar-refractivity contribution in [3.63, 3.8) is 0 Å². The molecule has 3 N–H and O–H groups in total. The van der Waals surface area contributed by atoms with Crippen molar-refractivity contribution in [1.29, 1.82) is 0 Å². The van der Waals surface area contributed by atoms with Crippen molar-refractivity contribution in [3.8, 4) is 17.0 Å². The molecule has 1 saturated carbocycles. The lowest BCUT2D eigenvalue weighted by atomic mass is 9.88. The first-order valence-corrected chi connectivity index (χ1v) is 9.44. The predicted molar refractivity (Wildman–Crippen MR) is 108 cm³/mol. The number of rotatable bonds is 6. The van der Waals surface area contributed by atoms with Crippen molar-refractivity contribution in [2.24, 2.45) is 0 Å². The zero-order valence-electron chi connectivity index (χ0n) is 16.3. The van der Waals surface area contributed by atoms with E-state index in [0.29, 0.717) is 47.8 Å². The van der Waals surface area contributed by atoms with Crippen LogP contribution in [0.2, 0.25) is 0 Å². The summed E-state index contributed by atoms with van der Waals surface area (Å²) in [6.45, 7) is 2.12. The minimum atomic E-state index is -0.160. The van der Waals surface area contributed by atoms with Crippen molar-refractivity contribution in [2.75, 3.05) is 26.1 Å². The molecule has 4 rings (SSSR count). The summed E-state index contributed by atoms with van der Waals surface area (Å²) in [5.74, 6) is 0.611. The number of nitrogens with two attached hydrogens (primary N) is 1. The monoisotopic (exact) mass is 397 g/mol. The first-order chi connectivity index (χ1) is 14.0. The molecule has 3 heterocycles. The Bertz CT molecular complexity index is 1090. The molecule has 0 unspecified atom stereocenters. The van der Waals surface area contributed by atoms with Crippen LogP contribution in [-0.2, 0) is 4.74 Å². The van der Waals surface area contributed by atoms with Gasteiger partial charge in [0.05, 0.1) is 32.1 Å². The van der Waals surface area contributed by atoms with Gasteiger partial charge < -0.3 is 20.3 Å². The quantitative estimate of drug-likeness (QED) is 0.640. The number of nitrogens with zero attached hydrogens (tertiary/aromatic N) is 4. The summed E-state index contributed by atoms with van der Waals surface area (Å²) >= 11 is 0. The molecule has 1 fully saturated rings. The maximum atomic E-state index is 13.4. The molecular weight excluding hydrogens is 374 g/mol. The molecule has 3 aromatic rings. The number of methoxy groups -OCH3 is 1. The van der Waals surface area contributed by atoms with E-state index in [0.717, 1.165) is 5.39 Å². The maximum Gasteiger partial charge on any atom is 0.260 e. The molecular formula is C20H23N5O4. The summed E-state index contributed by atoms with van der Waals surface area (Å²) in [6, 6.07) is 5.26. The Hall–Kier alpha value is -3.04. The summed E-state index contributed by atoms with van der Waals surface area (Å²) in [5.41, 5.74) is 8.14. The number of nitrogen functional groups attached to an aromatic ring is 1. The van der Waals surface area contributed by atoms with Crippen molar-refractivity contribution in [3.05, 3.63) is 40.4 Å². The third kappa shape index (κ3) is 3.54. The van der Waals surface area contributed by atoms with Gasteiger partial charge in [-0.25, -0.2) is 9.97 Å². The minimum Gasteiger partial charge on any atom is -0.481 e. The zero-order chi connectivity index (χ0) is 20.5. The molecule has 152 valence electrons. The highest BCUT2D eigenvalue weighted by molar-refractivity contribution is 5.84. The summed E-state index contributed by atoms with van der Waals surface area (Å²) in [5, 5.41) is 9.71. The molecule has 1 aliphatic rings. The molecule has 29 heavy (non-hydrogen) atoms. The third-order valence-electron chi connectivity index (χ3n) is 5.24. The summed E-state index contributed by atoms with van der Waals surface area (Å²) in [4.78, 5) is 26.3. The van der Waals surface area contributed by atoms with E-state index in [-0.39, 0.29) is 30.3 Å². The van der Waals surface area contributed by atoms with E-state index in [9.17, 15) is 4.79 Å². The molecule has 9 heteroatoms. The van der Waals surface area contributed by atoms with E-state index in [1.54, 1.807) is 36.1 Å². The van der Waals surface area contributed by atoms with Crippen LogP contribution >= 0.6 is 0 Å². The number of aromatic nitrogens is 4. The Morgan fingerprint density at radius 3 is 2.76 bits per heavy atom. The first-order valence-electron chi connectivity index (χ1n) is 9.44. The van der Waals surface area contributed by atoms with Crippen molar-refractivity contribution >= 4 is 17.0 Å². The second-order valence-electron chi connectivity index (χ2n) is 7.07. The highest BCUT2D eigenvalue weighted by Crippen LogP contribution is 2.36. The fourth-order valence-electron chi connectivity index (χ4n) is 3.68. The van der Waals surface area contributed by atoms with Gasteiger partial charge in [-0.3, -0.25) is 9.36 Å². The predicted octanol–water partition coefficient (Wildman–Crippen LogP) is 1.47. The van der Waals surface area contributed by atoms with Crippen LogP contribution in [0.4, 0.5) is 5.95 Å². The number of hydrogen-bond donors (Lipinski definition) is 2. The second kappa shape index (κ2) is 7.76. The van der Waals surface area contributed by atoms with E-state index in [4.69, 9.17) is 20.3 Å². The zero-order valence-corrected chi connectivity index (χ0v) is 16.3. The largest absolute Gasteiger partial charge is 0.481 e. The lowest BCUT2D eigenvalue weighted by Crippen LogP contribution is -2.39. The van der Waals surface area contributed by atoms with E-state index >= 15 is 0 Å². The van der Waals surface area contributed by atoms with Gasteiger partial charge in [-0.1, -0.05) is 0 Å². The van der Waals surface area contributed by atoms with Gasteiger partial charge in [0.15, 0.2) is 0 Å². The average molecular weight is 397 g/mol. The highest BCUT2D eigenvalue weighted by atomic mass is 16.5. The normalized spacial score (nSPS) is 18.6. The van der Waals surface area contributed by atoms with Gasteiger partial charge in [0, 0.05) is 34.8 Å². The second-order valence-corrected chi connectivity index (χ2v) is 7.07. The molecule has 0 aliphatic heterocycles. The molecule has 0 aromatic carbocycles. The average Bonchev–Trinajstić information content (AvgIpc) is 2.68. The third-order valence-corrected chi connectivity index (χ3v) is 5.24. The number of fused-ring (bicyclic) bond motifs is 1. The number of aliphatic hydroxyl groups is 1. The number of hydrogen-bond acceptors (Lipinski definition) is 8. The Morgan fingerprint density at radius 2 is 2.10 bits per heavy atom. The first kappa shape index (κ1) is 19.3. The van der Waals surface area contributed by atoms with Gasteiger partial charge in [-0.15, -0.1) is 0 Å². The lowest BCUT2D eigenvalue weighted by Gasteiger charge is -2.36. The van der Waals surface area contributed by atoms with Gasteiger partial charge in [0.1, 0.15) is 5.65 Å². The van der Waals surface area contributed by atoms with Crippen LogP contribution in [0.1, 0.15) is 24.6 Å². The van der Waals surface area contributed by atoms with Crippen LogP contribution < -0.4 is 16.0 Å². The number of pyridine rings is 2. The van der Waals surface area contributed by atoms with Crippen LogP contribution in [0, 0.1) is 6.92 Å². The van der Waals surface area contributed by atoms with E-state index in [2.05, 4.69) is 15.0 Å². The Balaban J connectivity index is 1.84. The molecule has 0 saturated heterocycles.